The third kappa shape index (κ3) is 6.88. The van der Waals surface area contributed by atoms with Crippen LogP contribution >= 0.6 is 0 Å². The highest BCUT2D eigenvalue weighted by Crippen LogP contribution is 2.26. The molecular weight excluding hydrogens is 516 g/mol. The second-order valence-corrected chi connectivity index (χ2v) is 7.55. The van der Waals surface area contributed by atoms with Gasteiger partial charge in [0.2, 0.25) is 5.96 Å². The Bertz CT molecular complexity index is 1470. The number of ether oxygens (including phenoxy) is 2. The number of carbonyl (C=O) groups excluding carboxylic acids is 2. The molecule has 0 aliphatic heterocycles. The summed E-state index contributed by atoms with van der Waals surface area (Å²) in [6.07, 6.45) is 0. The average Bonchev–Trinajstić information content (AvgIpc) is 3.33. The number of amides is 2. The van der Waals surface area contributed by atoms with Gasteiger partial charge in [-0.25, -0.2) is 0 Å². The molecule has 15 nitrogen and oxygen atoms in total. The molecule has 2 amide bonds. The van der Waals surface area contributed by atoms with Gasteiger partial charge in [-0.1, -0.05) is 36.4 Å². The summed E-state index contributed by atoms with van der Waals surface area (Å²) in [5.41, 5.74) is 0.178. The minimum atomic E-state index is -0.831. The van der Waals surface area contributed by atoms with Crippen LogP contribution in [0.3, 0.4) is 0 Å². The van der Waals surface area contributed by atoms with E-state index >= 15 is 0 Å². The zero-order chi connectivity index (χ0) is 27.8. The highest BCUT2D eigenvalue weighted by atomic mass is 16.6. The molecule has 39 heavy (non-hydrogen) atoms. The van der Waals surface area contributed by atoms with Gasteiger partial charge >= 0.3 is 17.4 Å². The van der Waals surface area contributed by atoms with Crippen molar-refractivity contribution in [1.29, 1.82) is 0 Å². The van der Waals surface area contributed by atoms with E-state index < -0.39 is 40.8 Å². The van der Waals surface area contributed by atoms with Crippen LogP contribution in [0.2, 0.25) is 0 Å². The largest absolute Gasteiger partial charge is 0.477 e. The Kier molecular flexibility index (Phi) is 8.01. The lowest BCUT2D eigenvalue weighted by atomic mass is 10.3. The molecule has 1 heterocycles. The Morgan fingerprint density at radius 1 is 0.795 bits per heavy atom. The maximum Gasteiger partial charge on any atom is 0.326 e. The van der Waals surface area contributed by atoms with Crippen LogP contribution < -0.4 is 20.1 Å². The van der Waals surface area contributed by atoms with Crippen LogP contribution in [0, 0.1) is 20.2 Å². The normalized spacial score (nSPS) is 10.4. The van der Waals surface area contributed by atoms with Crippen molar-refractivity contribution in [3.63, 3.8) is 0 Å². The van der Waals surface area contributed by atoms with E-state index in [1.807, 2.05) is 0 Å². The summed E-state index contributed by atoms with van der Waals surface area (Å²) in [5, 5.41) is 26.9. The smallest absolute Gasteiger partial charge is 0.326 e. The number of oxazole rings is 1. The minimum Gasteiger partial charge on any atom is -0.477 e. The quantitative estimate of drug-likeness (QED) is 0.139. The number of nitro groups is 2. The number of nitro benzene ring substituents is 2. The fourth-order valence-electron chi connectivity index (χ4n) is 3.17. The number of benzene rings is 3. The molecule has 0 unspecified atom stereocenters. The van der Waals surface area contributed by atoms with Crippen LogP contribution in [0.1, 0.15) is 0 Å². The standard InChI is InChI=1S/C24H18N6O9/c31-21(13-37-19-11-5-2-8-16(19)29(33)34)26-23(28-24-25-15-7-1-4-10-18(15)39-24)27-22(32)14-38-20-12-6-3-9-17(20)30(35)36/h1-12H,13-14H2,(H2,25,26,27,28,31,32). The first-order valence-corrected chi connectivity index (χ1v) is 11.1. The second-order valence-electron chi connectivity index (χ2n) is 7.55. The molecular formula is C24H18N6O9. The molecule has 4 aromatic rings. The summed E-state index contributed by atoms with van der Waals surface area (Å²) in [5.74, 6) is -2.37. The summed E-state index contributed by atoms with van der Waals surface area (Å²) in [7, 11) is 0. The van der Waals surface area contributed by atoms with E-state index in [9.17, 15) is 29.8 Å². The average molecular weight is 534 g/mol. The van der Waals surface area contributed by atoms with Gasteiger partial charge in [0.25, 0.3) is 11.8 Å². The maximum atomic E-state index is 12.6. The molecule has 15 heteroatoms. The number of carbonyl (C=O) groups is 2. The van der Waals surface area contributed by atoms with Crippen molar-refractivity contribution in [2.75, 3.05) is 13.2 Å². The Hall–Kier alpha value is -5.86. The number of nitrogens with one attached hydrogen (secondary N) is 2. The SMILES string of the molecule is O=C(COc1ccccc1[N+](=O)[O-])NC(=Nc1nc2ccccc2o1)NC(=O)COc1ccccc1[N+](=O)[O-]. The van der Waals surface area contributed by atoms with E-state index in [1.54, 1.807) is 24.3 Å². The van der Waals surface area contributed by atoms with Crippen molar-refractivity contribution < 1.29 is 33.3 Å². The zero-order valence-corrected chi connectivity index (χ0v) is 19.8. The molecule has 0 saturated carbocycles. The number of rotatable bonds is 9. The van der Waals surface area contributed by atoms with Gasteiger partial charge in [0, 0.05) is 12.1 Å². The van der Waals surface area contributed by atoms with Crippen molar-refractivity contribution in [2.24, 2.45) is 4.99 Å². The molecule has 0 spiro atoms. The lowest BCUT2D eigenvalue weighted by Gasteiger charge is -2.11. The molecule has 0 bridgehead atoms. The van der Waals surface area contributed by atoms with Gasteiger partial charge in [-0.2, -0.15) is 9.98 Å². The van der Waals surface area contributed by atoms with Crippen LogP contribution in [0.25, 0.3) is 11.1 Å². The van der Waals surface area contributed by atoms with Crippen molar-refractivity contribution in [2.45, 2.75) is 0 Å². The van der Waals surface area contributed by atoms with Gasteiger partial charge in [0.1, 0.15) is 5.52 Å². The van der Waals surface area contributed by atoms with Crippen molar-refractivity contribution in [3.05, 3.63) is 93.0 Å². The Morgan fingerprint density at radius 3 is 1.79 bits per heavy atom. The lowest BCUT2D eigenvalue weighted by molar-refractivity contribution is -0.386. The number of nitrogens with zero attached hydrogens (tertiary/aromatic N) is 4. The highest BCUT2D eigenvalue weighted by molar-refractivity contribution is 6.05. The molecule has 0 radical (unpaired) electrons. The van der Waals surface area contributed by atoms with Crippen molar-refractivity contribution in [3.8, 4) is 11.5 Å². The first-order valence-electron chi connectivity index (χ1n) is 11.1. The summed E-state index contributed by atoms with van der Waals surface area (Å²) in [4.78, 5) is 54.3. The first-order chi connectivity index (χ1) is 18.8. The lowest BCUT2D eigenvalue weighted by Crippen LogP contribution is -2.46. The highest BCUT2D eigenvalue weighted by Gasteiger charge is 2.19. The van der Waals surface area contributed by atoms with Crippen molar-refractivity contribution >= 4 is 46.3 Å². The van der Waals surface area contributed by atoms with Crippen LogP contribution in [0.15, 0.2) is 82.2 Å². The van der Waals surface area contributed by atoms with Crippen LogP contribution in [0.5, 0.6) is 11.5 Å². The predicted molar refractivity (Wildman–Crippen MR) is 135 cm³/mol. The van der Waals surface area contributed by atoms with E-state index in [4.69, 9.17) is 13.9 Å². The Labute approximate surface area is 218 Å². The van der Waals surface area contributed by atoms with Gasteiger partial charge < -0.3 is 13.9 Å². The summed E-state index contributed by atoms with van der Waals surface area (Å²) in [6.45, 7) is -1.33. The van der Waals surface area contributed by atoms with Gasteiger partial charge in [0.15, 0.2) is 30.3 Å². The van der Waals surface area contributed by atoms with Crippen LogP contribution in [-0.2, 0) is 9.59 Å². The Morgan fingerprint density at radius 2 is 1.28 bits per heavy atom. The summed E-state index contributed by atoms with van der Waals surface area (Å²) in [6, 6.07) is 17.5. The van der Waals surface area contributed by atoms with Crippen molar-refractivity contribution in [1.82, 2.24) is 15.6 Å². The number of aliphatic imine (C=N–C) groups is 1. The van der Waals surface area contributed by atoms with E-state index in [0.717, 1.165) is 0 Å². The first kappa shape index (κ1) is 26.2. The summed E-state index contributed by atoms with van der Waals surface area (Å²) >= 11 is 0. The van der Waals surface area contributed by atoms with Gasteiger partial charge in [-0.05, 0) is 24.3 Å². The molecule has 4 rings (SSSR count). The maximum absolute atomic E-state index is 12.6. The molecule has 0 fully saturated rings. The summed E-state index contributed by atoms with van der Waals surface area (Å²) < 4.78 is 16.0. The zero-order valence-electron chi connectivity index (χ0n) is 19.8. The Balaban J connectivity index is 1.48. The number of aromatic nitrogens is 1. The second kappa shape index (κ2) is 11.9. The fourth-order valence-corrected chi connectivity index (χ4v) is 3.17. The van der Waals surface area contributed by atoms with Crippen LogP contribution in [0.4, 0.5) is 17.4 Å². The minimum absolute atomic E-state index is 0.142. The third-order valence-electron chi connectivity index (χ3n) is 4.85. The molecule has 2 N–H and O–H groups in total. The monoisotopic (exact) mass is 534 g/mol. The van der Waals surface area contributed by atoms with Gasteiger partial charge in [0.05, 0.1) is 9.85 Å². The molecule has 198 valence electrons. The predicted octanol–water partition coefficient (Wildman–Crippen LogP) is 3.02. The van der Waals surface area contributed by atoms with E-state index in [1.165, 1.54) is 48.5 Å². The van der Waals surface area contributed by atoms with E-state index in [0.29, 0.717) is 11.1 Å². The molecule has 3 aromatic carbocycles. The van der Waals surface area contributed by atoms with E-state index in [-0.39, 0.29) is 28.9 Å². The molecule has 1 aromatic heterocycles. The topological polar surface area (TPSA) is 201 Å². The number of fused-ring (bicyclic) bond motifs is 1. The fraction of sp³-hybridized carbons (Fsp3) is 0.0833. The number of para-hydroxylation sites is 6. The number of hydrogen-bond donors (Lipinski definition) is 2. The molecule has 0 saturated heterocycles. The number of hydrogen-bond acceptors (Lipinski definition) is 11. The number of guanidine groups is 1. The molecule has 0 atom stereocenters. The van der Waals surface area contributed by atoms with E-state index in [2.05, 4.69) is 20.6 Å². The van der Waals surface area contributed by atoms with Crippen LogP contribution in [-0.4, -0.2) is 45.8 Å². The molecule has 0 aliphatic carbocycles. The third-order valence-corrected chi connectivity index (χ3v) is 4.85. The van der Waals surface area contributed by atoms with Gasteiger partial charge in [-0.15, -0.1) is 0 Å². The van der Waals surface area contributed by atoms with Gasteiger partial charge in [-0.3, -0.25) is 40.5 Å². The molecule has 0 aliphatic rings.